The molecule has 0 bridgehead atoms. The Kier molecular flexibility index (Phi) is 10.6. The number of phenols is 1. The summed E-state index contributed by atoms with van der Waals surface area (Å²) in [7, 11) is 0. The van der Waals surface area contributed by atoms with Crippen LogP contribution in [0.25, 0.3) is 10.9 Å². The first kappa shape index (κ1) is 30.5. The molecule has 4 atom stereocenters. The number of carbonyl (C=O) groups is 4. The fourth-order valence-corrected chi connectivity index (χ4v) is 4.48. The molecule has 3 rings (SSSR count). The highest BCUT2D eigenvalue weighted by molar-refractivity contribution is 7.80. The van der Waals surface area contributed by atoms with Crippen molar-refractivity contribution in [3.63, 3.8) is 0 Å². The fourth-order valence-electron chi connectivity index (χ4n) is 4.22. The summed E-state index contributed by atoms with van der Waals surface area (Å²) in [5.74, 6) is -3.48. The van der Waals surface area contributed by atoms with Crippen LogP contribution >= 0.6 is 12.6 Å². The molecule has 0 saturated carbocycles. The second-order valence-electron chi connectivity index (χ2n) is 9.91. The maximum atomic E-state index is 13.1. The first-order valence-electron chi connectivity index (χ1n) is 12.8. The van der Waals surface area contributed by atoms with Crippen LogP contribution in [-0.2, 0) is 32.0 Å². The lowest BCUT2D eigenvalue weighted by molar-refractivity contribution is -0.142. The van der Waals surface area contributed by atoms with E-state index in [0.29, 0.717) is 0 Å². The largest absolute Gasteiger partial charge is 0.508 e. The quantitative estimate of drug-likeness (QED) is 0.142. The van der Waals surface area contributed by atoms with Gasteiger partial charge in [-0.2, -0.15) is 12.6 Å². The Morgan fingerprint density at radius 2 is 1.55 bits per heavy atom. The Balaban J connectivity index is 1.63. The number of aliphatic carboxylic acids is 1. The molecule has 0 aliphatic heterocycles. The highest BCUT2D eigenvalue weighted by Crippen LogP contribution is 2.19. The summed E-state index contributed by atoms with van der Waals surface area (Å²) in [4.78, 5) is 53.9. The van der Waals surface area contributed by atoms with E-state index in [1.807, 2.05) is 24.3 Å². The number of aromatic amines is 1. The first-order chi connectivity index (χ1) is 19.0. The van der Waals surface area contributed by atoms with Crippen LogP contribution < -0.4 is 21.7 Å². The van der Waals surface area contributed by atoms with E-state index in [9.17, 15) is 29.4 Å². The molecule has 1 aromatic heterocycles. The Bertz CT molecular complexity index is 1340. The lowest BCUT2D eigenvalue weighted by Crippen LogP contribution is -2.59. The van der Waals surface area contributed by atoms with Crippen molar-refractivity contribution in [1.82, 2.24) is 20.9 Å². The van der Waals surface area contributed by atoms with E-state index >= 15 is 0 Å². The summed E-state index contributed by atoms with van der Waals surface area (Å²) in [5, 5.41) is 27.7. The molecule has 0 saturated heterocycles. The number of fused-ring (bicyclic) bond motifs is 1. The van der Waals surface area contributed by atoms with E-state index in [4.69, 9.17) is 5.73 Å². The Morgan fingerprint density at radius 1 is 0.900 bits per heavy atom. The monoisotopic (exact) mass is 569 g/mol. The second kappa shape index (κ2) is 13.9. The van der Waals surface area contributed by atoms with Gasteiger partial charge in [0.15, 0.2) is 0 Å². The van der Waals surface area contributed by atoms with Crippen molar-refractivity contribution in [2.45, 2.75) is 50.9 Å². The van der Waals surface area contributed by atoms with Gasteiger partial charge in [-0.05, 0) is 41.7 Å². The van der Waals surface area contributed by atoms with Crippen molar-refractivity contribution in [2.24, 2.45) is 11.7 Å². The number of aromatic hydroxyl groups is 1. The number of H-pyrrole nitrogens is 1. The Hall–Kier alpha value is -4.03. The fraction of sp³-hybridized carbons (Fsp3) is 0.357. The first-order valence-corrected chi connectivity index (χ1v) is 13.5. The number of phenolic OH excluding ortho intramolecular Hbond substituents is 1. The average Bonchev–Trinajstić information content (AvgIpc) is 3.33. The maximum absolute atomic E-state index is 13.1. The molecule has 40 heavy (non-hydrogen) atoms. The van der Waals surface area contributed by atoms with Crippen LogP contribution in [0.4, 0.5) is 0 Å². The number of para-hydroxylation sites is 1. The zero-order chi connectivity index (χ0) is 29.4. The van der Waals surface area contributed by atoms with Crippen molar-refractivity contribution in [2.75, 3.05) is 5.75 Å². The number of rotatable bonds is 13. The number of thiol groups is 1. The summed E-state index contributed by atoms with van der Waals surface area (Å²) in [6.45, 7) is 3.46. The van der Waals surface area contributed by atoms with Gasteiger partial charge in [0, 0.05) is 29.3 Å². The van der Waals surface area contributed by atoms with Gasteiger partial charge in [-0.25, -0.2) is 4.79 Å². The molecule has 0 aliphatic carbocycles. The van der Waals surface area contributed by atoms with E-state index in [2.05, 4.69) is 33.6 Å². The molecule has 3 amide bonds. The predicted molar refractivity (Wildman–Crippen MR) is 154 cm³/mol. The summed E-state index contributed by atoms with van der Waals surface area (Å²) >= 11 is 4.17. The van der Waals surface area contributed by atoms with Gasteiger partial charge in [-0.3, -0.25) is 14.4 Å². The van der Waals surface area contributed by atoms with E-state index in [-0.39, 0.29) is 30.3 Å². The molecule has 0 fully saturated rings. The molecule has 1 heterocycles. The maximum Gasteiger partial charge on any atom is 0.326 e. The minimum atomic E-state index is -1.25. The van der Waals surface area contributed by atoms with Gasteiger partial charge in [0.05, 0.1) is 6.04 Å². The zero-order valence-corrected chi connectivity index (χ0v) is 23.2. The molecule has 2 aromatic carbocycles. The van der Waals surface area contributed by atoms with Crippen LogP contribution in [0.2, 0.25) is 0 Å². The summed E-state index contributed by atoms with van der Waals surface area (Å²) in [6, 6.07) is 9.33. The zero-order valence-electron chi connectivity index (χ0n) is 22.3. The molecule has 0 radical (unpaired) electrons. The minimum Gasteiger partial charge on any atom is -0.508 e. The van der Waals surface area contributed by atoms with Crippen molar-refractivity contribution in [1.29, 1.82) is 0 Å². The lowest BCUT2D eigenvalue weighted by Gasteiger charge is -2.26. The number of aromatic nitrogens is 1. The Morgan fingerprint density at radius 3 is 2.17 bits per heavy atom. The molecule has 0 spiro atoms. The number of nitrogens with one attached hydrogen (secondary N) is 4. The molecule has 12 heteroatoms. The third-order valence-corrected chi connectivity index (χ3v) is 6.87. The standard InChI is InChI=1S/C28H35N5O6S/c1-15(2)24(33-25(35)20(29)11-16-7-9-18(34)10-8-16)27(37)32-23(14-40)26(36)31-22(28(38)39)12-17-13-30-21-6-4-3-5-19(17)21/h3-10,13,15,20,22-24,30,34,40H,11-12,14,29H2,1-2H3,(H,31,36)(H,32,37)(H,33,35)(H,38,39). The van der Waals surface area contributed by atoms with Crippen molar-refractivity contribution < 1.29 is 29.4 Å². The van der Waals surface area contributed by atoms with Crippen LogP contribution in [0.5, 0.6) is 5.75 Å². The van der Waals surface area contributed by atoms with Crippen LogP contribution in [0.15, 0.2) is 54.7 Å². The Labute approximate surface area is 237 Å². The lowest BCUT2D eigenvalue weighted by atomic mass is 10.0. The van der Waals surface area contributed by atoms with Gasteiger partial charge in [0.25, 0.3) is 0 Å². The van der Waals surface area contributed by atoms with Gasteiger partial charge in [-0.1, -0.05) is 44.2 Å². The highest BCUT2D eigenvalue weighted by Gasteiger charge is 2.31. The van der Waals surface area contributed by atoms with Gasteiger partial charge < -0.3 is 36.9 Å². The van der Waals surface area contributed by atoms with Crippen molar-refractivity contribution in [3.05, 3.63) is 65.9 Å². The molecule has 214 valence electrons. The van der Waals surface area contributed by atoms with Crippen molar-refractivity contribution in [3.8, 4) is 5.75 Å². The average molecular weight is 570 g/mol. The third kappa shape index (κ3) is 7.99. The van der Waals surface area contributed by atoms with Gasteiger partial charge >= 0.3 is 5.97 Å². The summed E-state index contributed by atoms with van der Waals surface area (Å²) in [5.41, 5.74) is 8.35. The predicted octanol–water partition coefficient (Wildman–Crippen LogP) is 1.11. The van der Waals surface area contributed by atoms with Crippen LogP contribution in [0.1, 0.15) is 25.0 Å². The third-order valence-electron chi connectivity index (χ3n) is 6.50. The van der Waals surface area contributed by atoms with E-state index in [0.717, 1.165) is 22.0 Å². The van der Waals surface area contributed by atoms with Crippen molar-refractivity contribution >= 4 is 47.2 Å². The van der Waals surface area contributed by atoms with E-state index in [1.165, 1.54) is 12.1 Å². The van der Waals surface area contributed by atoms with Gasteiger partial charge in [0.1, 0.15) is 23.9 Å². The topological polar surface area (TPSA) is 187 Å². The molecule has 11 nitrogen and oxygen atoms in total. The SMILES string of the molecule is CC(C)C(NC(=O)C(N)Cc1ccc(O)cc1)C(=O)NC(CS)C(=O)NC(Cc1c[nH]c2ccccc12)C(=O)O. The number of hydrogen-bond acceptors (Lipinski definition) is 7. The number of nitrogens with two attached hydrogens (primary N) is 1. The number of benzene rings is 2. The summed E-state index contributed by atoms with van der Waals surface area (Å²) in [6.07, 6.45) is 1.92. The summed E-state index contributed by atoms with van der Waals surface area (Å²) < 4.78 is 0. The molecular weight excluding hydrogens is 534 g/mol. The van der Waals surface area contributed by atoms with Gasteiger partial charge in [0.2, 0.25) is 17.7 Å². The minimum absolute atomic E-state index is 0.0297. The molecule has 8 N–H and O–H groups in total. The molecular formula is C28H35N5O6S. The smallest absolute Gasteiger partial charge is 0.326 e. The highest BCUT2D eigenvalue weighted by atomic mass is 32.1. The number of hydrogen-bond donors (Lipinski definition) is 8. The number of amides is 3. The number of carboxylic acid groups (broad SMARTS) is 1. The molecule has 0 aliphatic rings. The van der Waals surface area contributed by atoms with Crippen LogP contribution in [0, 0.1) is 5.92 Å². The molecule has 4 unspecified atom stereocenters. The van der Waals surface area contributed by atoms with E-state index < -0.39 is 47.9 Å². The van der Waals surface area contributed by atoms with Crippen LogP contribution in [0.3, 0.4) is 0 Å². The van der Waals surface area contributed by atoms with Crippen LogP contribution in [-0.4, -0.2) is 68.8 Å². The van der Waals surface area contributed by atoms with Gasteiger partial charge in [-0.15, -0.1) is 0 Å². The molecule has 3 aromatic rings. The second-order valence-corrected chi connectivity index (χ2v) is 10.3. The normalized spacial score (nSPS) is 14.2. The number of carboxylic acids is 1. The van der Waals surface area contributed by atoms with E-state index in [1.54, 1.807) is 32.2 Å². The number of carbonyl (C=O) groups excluding carboxylic acids is 3.